The first kappa shape index (κ1) is 10.7. The van der Waals surface area contributed by atoms with Gasteiger partial charge in [-0.15, -0.1) is 0 Å². The highest BCUT2D eigenvalue weighted by molar-refractivity contribution is 5.62. The molecule has 0 aromatic carbocycles. The quantitative estimate of drug-likeness (QED) is 0.747. The van der Waals surface area contributed by atoms with Gasteiger partial charge in [-0.05, 0) is 25.2 Å². The summed E-state index contributed by atoms with van der Waals surface area (Å²) in [5.41, 5.74) is 0.168. The Bertz CT molecular complexity index is 270. The second-order valence-corrected chi connectivity index (χ2v) is 5.76. The molecule has 0 radical (unpaired) electrons. The normalized spacial score (nSPS) is 31.8. The highest BCUT2D eigenvalue weighted by Crippen LogP contribution is 2.50. The van der Waals surface area contributed by atoms with Crippen molar-refractivity contribution in [3.05, 3.63) is 0 Å². The number of ether oxygens (including phenoxy) is 2. The zero-order chi connectivity index (χ0) is 11.1. The van der Waals surface area contributed by atoms with Crippen LogP contribution in [-0.2, 0) is 9.47 Å². The Morgan fingerprint density at radius 3 is 2.19 bits per heavy atom. The molecule has 1 heterocycles. The summed E-state index contributed by atoms with van der Waals surface area (Å²) in [7, 11) is 0. The minimum Gasteiger partial charge on any atom is -0.348 e. The van der Waals surface area contributed by atoms with Crippen LogP contribution in [0.4, 0.5) is 0 Å². The van der Waals surface area contributed by atoms with Crippen molar-refractivity contribution < 1.29 is 9.47 Å². The molecule has 2 saturated carbocycles. The Morgan fingerprint density at radius 2 is 1.69 bits per heavy atom. The lowest BCUT2D eigenvalue weighted by Crippen LogP contribution is -2.40. The van der Waals surface area contributed by atoms with Gasteiger partial charge in [0.05, 0.1) is 13.2 Å². The molecule has 0 atom stereocenters. The molecule has 1 N–H and O–H groups in total. The maximum absolute atomic E-state index is 7.72. The van der Waals surface area contributed by atoms with Crippen LogP contribution in [0.1, 0.15) is 44.9 Å². The maximum Gasteiger partial charge on any atom is 0.168 e. The average Bonchev–Trinajstić information content (AvgIpc) is 3.01. The summed E-state index contributed by atoms with van der Waals surface area (Å²) in [4.78, 5) is 0. The fraction of sp³-hybridized carbons (Fsp3) is 0.923. The Morgan fingerprint density at radius 1 is 1.06 bits per heavy atom. The van der Waals surface area contributed by atoms with Crippen LogP contribution in [0, 0.1) is 16.7 Å². The van der Waals surface area contributed by atoms with E-state index in [-0.39, 0.29) is 11.2 Å². The molecule has 3 aliphatic rings. The van der Waals surface area contributed by atoms with Gasteiger partial charge in [0, 0.05) is 24.5 Å². The van der Waals surface area contributed by atoms with Crippen molar-refractivity contribution in [2.24, 2.45) is 11.3 Å². The summed E-state index contributed by atoms with van der Waals surface area (Å²) in [5, 5.41) is 7.72. The largest absolute Gasteiger partial charge is 0.348 e. The zero-order valence-corrected chi connectivity index (χ0v) is 9.84. The molecule has 0 bridgehead atoms. The van der Waals surface area contributed by atoms with Gasteiger partial charge in [-0.3, -0.25) is 0 Å². The number of nitrogens with one attached hydrogen (secondary N) is 1. The van der Waals surface area contributed by atoms with Crippen molar-refractivity contribution >= 4 is 6.21 Å². The van der Waals surface area contributed by atoms with Gasteiger partial charge >= 0.3 is 0 Å². The molecule has 90 valence electrons. The van der Waals surface area contributed by atoms with E-state index < -0.39 is 0 Å². The van der Waals surface area contributed by atoms with E-state index in [1.807, 2.05) is 0 Å². The second-order valence-electron chi connectivity index (χ2n) is 5.76. The molecule has 3 rings (SSSR count). The number of hydrogen-bond donors (Lipinski definition) is 1. The average molecular weight is 223 g/mol. The Labute approximate surface area is 97.0 Å². The van der Waals surface area contributed by atoms with Gasteiger partial charge in [0.25, 0.3) is 0 Å². The van der Waals surface area contributed by atoms with Gasteiger partial charge in [0.1, 0.15) is 0 Å². The van der Waals surface area contributed by atoms with Crippen molar-refractivity contribution in [1.29, 1.82) is 5.41 Å². The van der Waals surface area contributed by atoms with Gasteiger partial charge < -0.3 is 14.9 Å². The first-order valence-electron chi connectivity index (χ1n) is 6.56. The third-order valence-corrected chi connectivity index (χ3v) is 4.52. The number of rotatable bonds is 3. The SMILES string of the molecule is N=CC1(CC2CC2)CCC2(CC1)OCCO2. The third kappa shape index (κ3) is 1.91. The molecule has 0 amide bonds. The molecule has 1 spiro atoms. The lowest BCUT2D eigenvalue weighted by Gasteiger charge is -2.41. The molecular formula is C13H21NO2. The van der Waals surface area contributed by atoms with Gasteiger partial charge in [-0.25, -0.2) is 0 Å². The van der Waals surface area contributed by atoms with Crippen molar-refractivity contribution in [1.82, 2.24) is 0 Å². The van der Waals surface area contributed by atoms with Gasteiger partial charge in [0.2, 0.25) is 0 Å². The monoisotopic (exact) mass is 223 g/mol. The lowest BCUT2D eigenvalue weighted by atomic mass is 9.69. The molecular weight excluding hydrogens is 202 g/mol. The molecule has 3 heteroatoms. The highest BCUT2D eigenvalue weighted by Gasteiger charge is 2.46. The fourth-order valence-corrected chi connectivity index (χ4v) is 3.22. The van der Waals surface area contributed by atoms with Crippen LogP contribution in [0.5, 0.6) is 0 Å². The molecule has 1 saturated heterocycles. The van der Waals surface area contributed by atoms with E-state index in [0.717, 1.165) is 44.8 Å². The molecule has 1 aliphatic heterocycles. The summed E-state index contributed by atoms with van der Waals surface area (Å²) >= 11 is 0. The van der Waals surface area contributed by atoms with Crippen molar-refractivity contribution in [3.63, 3.8) is 0 Å². The van der Waals surface area contributed by atoms with Gasteiger partial charge in [-0.1, -0.05) is 12.8 Å². The lowest BCUT2D eigenvalue weighted by molar-refractivity contribution is -0.186. The molecule has 3 nitrogen and oxygen atoms in total. The highest BCUT2D eigenvalue weighted by atomic mass is 16.7. The van der Waals surface area contributed by atoms with Crippen LogP contribution in [0.2, 0.25) is 0 Å². The minimum atomic E-state index is -0.268. The van der Waals surface area contributed by atoms with Crippen molar-refractivity contribution in [2.45, 2.75) is 50.7 Å². The summed E-state index contributed by atoms with van der Waals surface area (Å²) in [6.07, 6.45) is 9.82. The third-order valence-electron chi connectivity index (χ3n) is 4.52. The van der Waals surface area contributed by atoms with Crippen LogP contribution < -0.4 is 0 Å². The Hall–Kier alpha value is -0.410. The van der Waals surface area contributed by atoms with E-state index in [2.05, 4.69) is 0 Å². The van der Waals surface area contributed by atoms with E-state index in [9.17, 15) is 0 Å². The summed E-state index contributed by atoms with van der Waals surface area (Å²) < 4.78 is 11.5. The molecule has 3 fully saturated rings. The van der Waals surface area contributed by atoms with Crippen LogP contribution in [-0.4, -0.2) is 25.2 Å². The van der Waals surface area contributed by atoms with Crippen molar-refractivity contribution in [2.75, 3.05) is 13.2 Å². The Balaban J connectivity index is 1.64. The van der Waals surface area contributed by atoms with Gasteiger partial charge in [0.15, 0.2) is 5.79 Å². The summed E-state index contributed by atoms with van der Waals surface area (Å²) in [5.74, 6) is 0.636. The predicted molar refractivity (Wildman–Crippen MR) is 61.7 cm³/mol. The molecule has 0 aromatic heterocycles. The Kier molecular flexibility index (Phi) is 2.55. The van der Waals surface area contributed by atoms with E-state index in [1.165, 1.54) is 19.3 Å². The standard InChI is InChI=1S/C13H21NO2/c14-10-12(9-11-1-2-11)3-5-13(6-4-12)15-7-8-16-13/h10-11,14H,1-9H2. The maximum atomic E-state index is 7.72. The topological polar surface area (TPSA) is 42.3 Å². The first-order valence-corrected chi connectivity index (χ1v) is 6.56. The first-order chi connectivity index (χ1) is 7.76. The molecule has 16 heavy (non-hydrogen) atoms. The molecule has 2 aliphatic carbocycles. The zero-order valence-electron chi connectivity index (χ0n) is 9.84. The number of hydrogen-bond acceptors (Lipinski definition) is 3. The molecule has 0 aromatic rings. The van der Waals surface area contributed by atoms with Crippen LogP contribution in [0.25, 0.3) is 0 Å². The molecule has 0 unspecified atom stereocenters. The summed E-state index contributed by atoms with van der Waals surface area (Å²) in [6, 6.07) is 0. The van der Waals surface area contributed by atoms with Crippen LogP contribution in [0.3, 0.4) is 0 Å². The smallest absolute Gasteiger partial charge is 0.168 e. The fourth-order valence-electron chi connectivity index (χ4n) is 3.22. The van der Waals surface area contributed by atoms with E-state index >= 15 is 0 Å². The van der Waals surface area contributed by atoms with Crippen molar-refractivity contribution in [3.8, 4) is 0 Å². The van der Waals surface area contributed by atoms with E-state index in [0.29, 0.717) is 0 Å². The van der Waals surface area contributed by atoms with E-state index in [4.69, 9.17) is 14.9 Å². The van der Waals surface area contributed by atoms with E-state index in [1.54, 1.807) is 6.21 Å². The predicted octanol–water partition coefficient (Wildman–Crippen LogP) is 2.74. The van der Waals surface area contributed by atoms with Crippen LogP contribution in [0.15, 0.2) is 0 Å². The van der Waals surface area contributed by atoms with Crippen LogP contribution >= 0.6 is 0 Å². The summed E-state index contributed by atoms with van der Waals surface area (Å²) in [6.45, 7) is 1.50. The second kappa shape index (κ2) is 3.81. The van der Waals surface area contributed by atoms with Gasteiger partial charge in [-0.2, -0.15) is 0 Å². The minimum absolute atomic E-state index is 0.168.